The number of hydrogen-bond acceptors (Lipinski definition) is 3. The quantitative estimate of drug-likeness (QED) is 0.561. The van der Waals surface area contributed by atoms with Crippen LogP contribution in [-0.2, 0) is 17.8 Å². The molecule has 0 aromatic heterocycles. The van der Waals surface area contributed by atoms with Crippen LogP contribution < -0.4 is 5.32 Å². The Balaban J connectivity index is 1.72. The zero-order chi connectivity index (χ0) is 20.2. The van der Waals surface area contributed by atoms with Crippen molar-refractivity contribution in [3.63, 3.8) is 0 Å². The molecule has 0 aliphatic heterocycles. The summed E-state index contributed by atoms with van der Waals surface area (Å²) in [6.45, 7) is 8.90. The van der Waals surface area contributed by atoms with Crippen molar-refractivity contribution in [3.8, 4) is 0 Å². The minimum absolute atomic E-state index is 0.237. The first-order valence-electron chi connectivity index (χ1n) is 10.2. The molecule has 0 radical (unpaired) electrons. The molecular formula is C24H34N2O2. The van der Waals surface area contributed by atoms with E-state index < -0.39 is 5.60 Å². The maximum atomic E-state index is 12.6. The number of rotatable bonds is 10. The molecule has 4 nitrogen and oxygen atoms in total. The Morgan fingerprint density at radius 1 is 0.893 bits per heavy atom. The first-order valence-corrected chi connectivity index (χ1v) is 10.2. The van der Waals surface area contributed by atoms with Gasteiger partial charge in [0.25, 0.3) is 0 Å². The van der Waals surface area contributed by atoms with Crippen molar-refractivity contribution < 1.29 is 9.53 Å². The van der Waals surface area contributed by atoms with E-state index in [0.717, 1.165) is 37.9 Å². The van der Waals surface area contributed by atoms with Crippen LogP contribution in [0.15, 0.2) is 60.7 Å². The molecule has 0 heterocycles. The van der Waals surface area contributed by atoms with Gasteiger partial charge in [0.1, 0.15) is 5.60 Å². The maximum Gasteiger partial charge on any atom is 0.410 e. The Morgan fingerprint density at radius 3 is 2.11 bits per heavy atom. The van der Waals surface area contributed by atoms with E-state index in [1.165, 1.54) is 5.56 Å². The van der Waals surface area contributed by atoms with E-state index in [4.69, 9.17) is 4.74 Å². The second kappa shape index (κ2) is 11.5. The summed E-state index contributed by atoms with van der Waals surface area (Å²) >= 11 is 0. The lowest BCUT2D eigenvalue weighted by Crippen LogP contribution is -2.37. The lowest BCUT2D eigenvalue weighted by atomic mass is 10.2. The van der Waals surface area contributed by atoms with Crippen LogP contribution in [0.25, 0.3) is 0 Å². The van der Waals surface area contributed by atoms with Gasteiger partial charge < -0.3 is 15.0 Å². The van der Waals surface area contributed by atoms with Gasteiger partial charge in [-0.15, -0.1) is 0 Å². The first kappa shape index (κ1) is 22.0. The number of amides is 1. The summed E-state index contributed by atoms with van der Waals surface area (Å²) in [5.74, 6) is 0. The molecule has 0 unspecified atom stereocenters. The summed E-state index contributed by atoms with van der Waals surface area (Å²) in [6.07, 6.45) is 2.91. The SMILES string of the molecule is CC(C)(C)OC(=O)N(CCCCCNCc1ccccc1)Cc1ccccc1. The van der Waals surface area contributed by atoms with Crippen LogP contribution in [0.4, 0.5) is 4.79 Å². The van der Waals surface area contributed by atoms with E-state index >= 15 is 0 Å². The van der Waals surface area contributed by atoms with Crippen LogP contribution in [0.5, 0.6) is 0 Å². The predicted molar refractivity (Wildman–Crippen MR) is 115 cm³/mol. The molecule has 0 spiro atoms. The summed E-state index contributed by atoms with van der Waals surface area (Å²) in [4.78, 5) is 14.4. The molecule has 0 atom stereocenters. The third-order valence-electron chi connectivity index (χ3n) is 4.32. The van der Waals surface area contributed by atoms with E-state index in [-0.39, 0.29) is 6.09 Å². The summed E-state index contributed by atoms with van der Waals surface area (Å²) in [5, 5.41) is 3.48. The number of hydrogen-bond donors (Lipinski definition) is 1. The fourth-order valence-corrected chi connectivity index (χ4v) is 2.92. The third kappa shape index (κ3) is 9.05. The molecule has 0 saturated carbocycles. The molecular weight excluding hydrogens is 348 g/mol. The molecule has 4 heteroatoms. The average molecular weight is 383 g/mol. The summed E-state index contributed by atoms with van der Waals surface area (Å²) in [5.41, 5.74) is 1.95. The van der Waals surface area contributed by atoms with Crippen LogP contribution in [0, 0.1) is 0 Å². The molecule has 1 N–H and O–H groups in total. The minimum atomic E-state index is -0.479. The van der Waals surface area contributed by atoms with Crippen LogP contribution in [0.1, 0.15) is 51.2 Å². The smallest absolute Gasteiger partial charge is 0.410 e. The zero-order valence-electron chi connectivity index (χ0n) is 17.5. The van der Waals surface area contributed by atoms with Gasteiger partial charge in [0.05, 0.1) is 0 Å². The van der Waals surface area contributed by atoms with Gasteiger partial charge in [-0.05, 0) is 51.3 Å². The number of carbonyl (C=O) groups excluding carboxylic acids is 1. The topological polar surface area (TPSA) is 41.6 Å². The number of nitrogens with zero attached hydrogens (tertiary/aromatic N) is 1. The molecule has 0 fully saturated rings. The highest BCUT2D eigenvalue weighted by Gasteiger charge is 2.21. The molecule has 0 aliphatic carbocycles. The molecule has 28 heavy (non-hydrogen) atoms. The van der Waals surface area contributed by atoms with Crippen molar-refractivity contribution in [1.29, 1.82) is 0 Å². The Bertz CT molecular complexity index is 681. The van der Waals surface area contributed by atoms with Crippen LogP contribution in [-0.4, -0.2) is 29.7 Å². The number of benzene rings is 2. The van der Waals surface area contributed by atoms with Crippen molar-refractivity contribution in [2.75, 3.05) is 13.1 Å². The van der Waals surface area contributed by atoms with E-state index in [0.29, 0.717) is 13.1 Å². The predicted octanol–water partition coefficient (Wildman–Crippen LogP) is 5.38. The summed E-state index contributed by atoms with van der Waals surface area (Å²) in [6, 6.07) is 20.5. The third-order valence-corrected chi connectivity index (χ3v) is 4.32. The monoisotopic (exact) mass is 382 g/mol. The van der Waals surface area contributed by atoms with Crippen molar-refractivity contribution in [1.82, 2.24) is 10.2 Å². The molecule has 2 aromatic carbocycles. The number of carbonyl (C=O) groups is 1. The normalized spacial score (nSPS) is 11.2. The van der Waals surface area contributed by atoms with Gasteiger partial charge in [0.15, 0.2) is 0 Å². The van der Waals surface area contributed by atoms with Crippen LogP contribution in [0.2, 0.25) is 0 Å². The number of ether oxygens (including phenoxy) is 1. The van der Waals surface area contributed by atoms with Gasteiger partial charge in [-0.2, -0.15) is 0 Å². The first-order chi connectivity index (χ1) is 13.4. The lowest BCUT2D eigenvalue weighted by molar-refractivity contribution is 0.0230. The van der Waals surface area contributed by atoms with Crippen LogP contribution >= 0.6 is 0 Å². The fourth-order valence-electron chi connectivity index (χ4n) is 2.92. The maximum absolute atomic E-state index is 12.6. The van der Waals surface area contributed by atoms with E-state index in [1.807, 2.05) is 62.1 Å². The Kier molecular flexibility index (Phi) is 9.02. The van der Waals surface area contributed by atoms with Crippen molar-refractivity contribution in [2.45, 2.75) is 58.7 Å². The second-order valence-corrected chi connectivity index (χ2v) is 8.11. The Hall–Kier alpha value is -2.33. The molecule has 2 aromatic rings. The number of unbranched alkanes of at least 4 members (excludes halogenated alkanes) is 2. The van der Waals surface area contributed by atoms with Crippen molar-refractivity contribution in [2.24, 2.45) is 0 Å². The highest BCUT2D eigenvalue weighted by molar-refractivity contribution is 5.68. The van der Waals surface area contributed by atoms with Gasteiger partial charge in [-0.25, -0.2) is 4.79 Å². The Morgan fingerprint density at radius 2 is 1.50 bits per heavy atom. The molecule has 1 amide bonds. The highest BCUT2D eigenvalue weighted by Crippen LogP contribution is 2.14. The van der Waals surface area contributed by atoms with Gasteiger partial charge in [0, 0.05) is 19.6 Å². The van der Waals surface area contributed by atoms with Gasteiger partial charge in [-0.1, -0.05) is 67.1 Å². The standard InChI is InChI=1S/C24H34N2O2/c1-24(2,3)28-23(27)26(20-22-15-9-5-10-16-22)18-12-6-11-17-25-19-21-13-7-4-8-14-21/h4-5,7-10,13-16,25H,6,11-12,17-20H2,1-3H3. The van der Waals surface area contributed by atoms with Crippen molar-refractivity contribution in [3.05, 3.63) is 71.8 Å². The second-order valence-electron chi connectivity index (χ2n) is 8.11. The van der Waals surface area contributed by atoms with E-state index in [2.05, 4.69) is 29.6 Å². The largest absolute Gasteiger partial charge is 0.444 e. The molecule has 0 bridgehead atoms. The highest BCUT2D eigenvalue weighted by atomic mass is 16.6. The zero-order valence-corrected chi connectivity index (χ0v) is 17.5. The van der Waals surface area contributed by atoms with Gasteiger partial charge >= 0.3 is 6.09 Å². The molecule has 152 valence electrons. The fraction of sp³-hybridized carbons (Fsp3) is 0.458. The lowest BCUT2D eigenvalue weighted by Gasteiger charge is -2.27. The number of nitrogens with one attached hydrogen (secondary N) is 1. The average Bonchev–Trinajstić information content (AvgIpc) is 2.66. The van der Waals surface area contributed by atoms with Crippen molar-refractivity contribution >= 4 is 6.09 Å². The minimum Gasteiger partial charge on any atom is -0.444 e. The van der Waals surface area contributed by atoms with Gasteiger partial charge in [-0.3, -0.25) is 0 Å². The Labute approximate surface area is 169 Å². The summed E-state index contributed by atoms with van der Waals surface area (Å²) < 4.78 is 5.59. The summed E-state index contributed by atoms with van der Waals surface area (Å²) in [7, 11) is 0. The molecule has 0 saturated heterocycles. The van der Waals surface area contributed by atoms with Crippen LogP contribution in [0.3, 0.4) is 0 Å². The van der Waals surface area contributed by atoms with E-state index in [9.17, 15) is 4.79 Å². The molecule has 0 aliphatic rings. The van der Waals surface area contributed by atoms with Gasteiger partial charge in [0.2, 0.25) is 0 Å². The molecule has 2 rings (SSSR count). The van der Waals surface area contributed by atoms with E-state index in [1.54, 1.807) is 0 Å².